The monoisotopic (exact) mass is 831 g/mol. The van der Waals surface area contributed by atoms with E-state index in [1.807, 2.05) is 4.72 Å². The van der Waals surface area contributed by atoms with Gasteiger partial charge in [-0.25, -0.2) is 27.1 Å². The van der Waals surface area contributed by atoms with E-state index in [9.17, 15) is 50.0 Å². The van der Waals surface area contributed by atoms with Crippen molar-refractivity contribution in [3.8, 4) is 0 Å². The Bertz CT molecular complexity index is 2690. The van der Waals surface area contributed by atoms with Gasteiger partial charge in [-0.3, -0.25) is 19.2 Å². The predicted octanol–water partition coefficient (Wildman–Crippen LogP) is 4.03. The van der Waals surface area contributed by atoms with Crippen molar-refractivity contribution in [1.29, 1.82) is 0 Å². The topological polar surface area (TPSA) is 194 Å². The number of benzene rings is 4. The van der Waals surface area contributed by atoms with Gasteiger partial charge in [-0.15, -0.1) is 0 Å². The summed E-state index contributed by atoms with van der Waals surface area (Å²) in [5.41, 5.74) is 1.04. The van der Waals surface area contributed by atoms with Gasteiger partial charge in [0.25, 0.3) is 0 Å². The van der Waals surface area contributed by atoms with Crippen molar-refractivity contribution in [2.45, 2.75) is 24.9 Å². The molecule has 1 unspecified atom stereocenters. The maximum absolute atomic E-state index is 14.1. The van der Waals surface area contributed by atoms with Gasteiger partial charge in [0.15, 0.2) is 0 Å². The van der Waals surface area contributed by atoms with E-state index in [1.165, 1.54) is 38.4 Å². The first-order valence-corrected chi connectivity index (χ1v) is 19.4. The van der Waals surface area contributed by atoms with E-state index in [2.05, 4.69) is 15.3 Å². The minimum atomic E-state index is -5.03. The first-order valence-electron chi connectivity index (χ1n) is 16.2. The van der Waals surface area contributed by atoms with Gasteiger partial charge in [0, 0.05) is 44.0 Å². The minimum absolute atomic E-state index is 0.0751. The predicted molar refractivity (Wildman–Crippen MR) is 203 cm³/mol. The number of H-pyrrole nitrogens is 2. The Morgan fingerprint density at radius 1 is 0.661 bits per heavy atom. The van der Waals surface area contributed by atoms with Crippen LogP contribution in [0.4, 0.5) is 33.7 Å². The van der Waals surface area contributed by atoms with Crippen LogP contribution in [0.25, 0.3) is 20.4 Å². The van der Waals surface area contributed by atoms with E-state index in [1.54, 1.807) is 16.9 Å². The number of anilines is 2. The van der Waals surface area contributed by atoms with Crippen molar-refractivity contribution >= 4 is 82.5 Å². The zero-order chi connectivity index (χ0) is 40.5. The lowest BCUT2D eigenvalue weighted by atomic mass is 10.0. The fourth-order valence-corrected chi connectivity index (χ4v) is 8.21. The number of carbonyl (C=O) groups is 3. The van der Waals surface area contributed by atoms with E-state index < -0.39 is 76.2 Å². The third kappa shape index (κ3) is 9.48. The van der Waals surface area contributed by atoms with Crippen molar-refractivity contribution in [2.24, 2.45) is 0 Å². The molecule has 21 heteroatoms. The summed E-state index contributed by atoms with van der Waals surface area (Å²) in [6.07, 6.45) is -1.12. The van der Waals surface area contributed by atoms with Gasteiger partial charge in [0.05, 0.1) is 20.4 Å². The molecule has 2 atom stereocenters. The second-order valence-corrected chi connectivity index (χ2v) is 15.9. The number of hydrogen-bond donors (Lipinski definition) is 5. The highest BCUT2D eigenvalue weighted by Gasteiger charge is 2.32. The molecule has 4 aromatic carbocycles. The number of likely N-dealkylation sites (N-methyl/N-ethyl adjacent to an activating group) is 2. The summed E-state index contributed by atoms with van der Waals surface area (Å²) >= 11 is 1.85. The SMILES string of the molecule is CN(C(=O)C(Cc1cc(F)cc(F)c1)NC(=O)NS(=O)(=O)N[C@@H](Cc1cc(F)cc(F)c1)C(=O)N(C)c1ccc2sc(=O)[nH]c2c1)c1ccc2sc(=O)[nH]c2c1. The van der Waals surface area contributed by atoms with Crippen LogP contribution in [-0.4, -0.2) is 62.4 Å². The number of aromatic amines is 2. The zero-order valence-electron chi connectivity index (χ0n) is 29.0. The number of nitrogens with zero attached hydrogens (tertiary/aromatic N) is 2. The number of fused-ring (bicyclic) bond motifs is 2. The van der Waals surface area contributed by atoms with Crippen molar-refractivity contribution in [3.05, 3.63) is 127 Å². The maximum Gasteiger partial charge on any atom is 0.330 e. The average Bonchev–Trinajstić information content (AvgIpc) is 3.67. The number of amides is 4. The van der Waals surface area contributed by atoms with Gasteiger partial charge >= 0.3 is 26.0 Å². The molecule has 0 aliphatic carbocycles. The third-order valence-corrected chi connectivity index (χ3v) is 11.2. The van der Waals surface area contributed by atoms with Crippen molar-refractivity contribution in [1.82, 2.24) is 24.7 Å². The molecule has 0 aliphatic heterocycles. The summed E-state index contributed by atoms with van der Waals surface area (Å²) < 4.78 is 88.2. The molecule has 0 spiro atoms. The van der Waals surface area contributed by atoms with Crippen molar-refractivity contribution in [3.63, 3.8) is 0 Å². The van der Waals surface area contributed by atoms with Crippen LogP contribution >= 0.6 is 22.7 Å². The molecule has 0 fully saturated rings. The van der Waals surface area contributed by atoms with E-state index in [0.717, 1.165) is 56.7 Å². The number of urea groups is 1. The number of thiazole rings is 2. The maximum atomic E-state index is 14.1. The second kappa shape index (κ2) is 16.1. The standard InChI is InChI=1S/C35H29F4N7O7S3/c1-45(23-3-5-29-25(15-23)41-34(50)54-29)31(47)27(11-17-7-19(36)13-20(37)8-17)40-33(49)44-56(52,53)43-28(12-18-9-21(38)14-22(39)10-18)32(48)46(2)24-4-6-30-26(16-24)42-35(51)55-30/h3-10,13-16,27-28,43H,11-12H2,1-2H3,(H,41,50)(H,42,51)(H2,40,44,49)/t27?,28-/m0/s1. The molecule has 14 nitrogen and oxygen atoms in total. The lowest BCUT2D eigenvalue weighted by Gasteiger charge is -2.26. The first kappa shape index (κ1) is 39.8. The highest BCUT2D eigenvalue weighted by Crippen LogP contribution is 2.24. The molecule has 4 amide bonds. The normalized spacial score (nSPS) is 12.7. The largest absolute Gasteiger partial charge is 0.330 e. The zero-order valence-corrected chi connectivity index (χ0v) is 31.4. The Balaban J connectivity index is 1.25. The molecular formula is C35H29F4N7O7S3. The molecule has 0 bridgehead atoms. The van der Waals surface area contributed by atoms with Gasteiger partial charge in [0.2, 0.25) is 11.8 Å². The van der Waals surface area contributed by atoms with Crippen LogP contribution in [0.5, 0.6) is 0 Å². The van der Waals surface area contributed by atoms with Crippen molar-refractivity contribution in [2.75, 3.05) is 23.9 Å². The Labute approximate surface area is 322 Å². The lowest BCUT2D eigenvalue weighted by Crippen LogP contribution is -2.57. The molecule has 0 radical (unpaired) electrons. The molecule has 56 heavy (non-hydrogen) atoms. The molecule has 6 aromatic rings. The van der Waals surface area contributed by atoms with E-state index in [0.29, 0.717) is 32.6 Å². The van der Waals surface area contributed by atoms with Crippen LogP contribution < -0.4 is 34.3 Å². The van der Waals surface area contributed by atoms with Gasteiger partial charge in [-0.05, 0) is 78.2 Å². The molecule has 2 aromatic heterocycles. The fourth-order valence-electron chi connectivity index (χ4n) is 5.85. The van der Waals surface area contributed by atoms with Crippen molar-refractivity contribution < 1.29 is 40.4 Å². The number of hydrogen-bond acceptors (Lipinski definition) is 9. The average molecular weight is 832 g/mol. The Morgan fingerprint density at radius 2 is 1.07 bits per heavy atom. The van der Waals surface area contributed by atoms with Crippen LogP contribution in [0.15, 0.2) is 82.4 Å². The number of rotatable bonds is 12. The summed E-state index contributed by atoms with van der Waals surface area (Å²) in [6.45, 7) is 0. The van der Waals surface area contributed by atoms with Gasteiger partial charge < -0.3 is 25.1 Å². The third-order valence-electron chi connectivity index (χ3n) is 8.39. The lowest BCUT2D eigenvalue weighted by molar-refractivity contribution is -0.120. The van der Waals surface area contributed by atoms with Gasteiger partial charge in [-0.1, -0.05) is 22.7 Å². The number of halogens is 4. The smallest absolute Gasteiger partial charge is 0.325 e. The summed E-state index contributed by atoms with van der Waals surface area (Å²) in [5, 5.41) is 2.20. The summed E-state index contributed by atoms with van der Waals surface area (Å²) in [6, 6.07) is 8.89. The summed E-state index contributed by atoms with van der Waals surface area (Å²) in [5.74, 6) is -5.78. The Kier molecular flexibility index (Phi) is 11.4. The quantitative estimate of drug-likeness (QED) is 0.115. The van der Waals surface area contributed by atoms with Crippen LogP contribution in [0.1, 0.15) is 11.1 Å². The van der Waals surface area contributed by atoms with Crippen LogP contribution in [0.2, 0.25) is 0 Å². The molecule has 0 saturated carbocycles. The summed E-state index contributed by atoms with van der Waals surface area (Å²) in [7, 11) is -2.43. The van der Waals surface area contributed by atoms with Crippen LogP contribution in [0.3, 0.4) is 0 Å². The number of nitrogens with one attached hydrogen (secondary N) is 5. The van der Waals surface area contributed by atoms with Gasteiger partial charge in [0.1, 0.15) is 35.4 Å². The Hall–Kier alpha value is -5.90. The number of aromatic nitrogens is 2. The second-order valence-electron chi connectivity index (χ2n) is 12.5. The van der Waals surface area contributed by atoms with E-state index in [-0.39, 0.29) is 32.2 Å². The van der Waals surface area contributed by atoms with E-state index >= 15 is 0 Å². The molecule has 0 saturated heterocycles. The first-order chi connectivity index (χ1) is 26.4. The van der Waals surface area contributed by atoms with Crippen LogP contribution in [-0.2, 0) is 32.6 Å². The molecule has 5 N–H and O–H groups in total. The Morgan fingerprint density at radius 3 is 1.52 bits per heavy atom. The minimum Gasteiger partial charge on any atom is -0.325 e. The highest BCUT2D eigenvalue weighted by molar-refractivity contribution is 7.88. The number of carbonyl (C=O) groups excluding carboxylic acids is 3. The van der Waals surface area contributed by atoms with Gasteiger partial charge in [-0.2, -0.15) is 13.1 Å². The summed E-state index contributed by atoms with van der Waals surface area (Å²) in [4.78, 5) is 71.2. The highest BCUT2D eigenvalue weighted by atomic mass is 32.2. The van der Waals surface area contributed by atoms with E-state index in [4.69, 9.17) is 0 Å². The molecule has 6 rings (SSSR count). The fraction of sp³-hybridized carbons (Fsp3) is 0.171. The molecule has 0 aliphatic rings. The molecular weight excluding hydrogens is 803 g/mol. The molecule has 292 valence electrons. The van der Waals surface area contributed by atoms with Crippen LogP contribution in [0, 0.1) is 23.3 Å². The molecule has 2 heterocycles.